The Kier molecular flexibility index (Phi) is 11.5. The van der Waals surface area contributed by atoms with E-state index in [1.165, 1.54) is 10.4 Å². The fourth-order valence-electron chi connectivity index (χ4n) is 6.97. The van der Waals surface area contributed by atoms with Crippen LogP contribution >= 0.6 is 35.4 Å². The van der Waals surface area contributed by atoms with Crippen molar-refractivity contribution in [2.45, 2.75) is 82.7 Å². The quantitative estimate of drug-likeness (QED) is 0.0763. The summed E-state index contributed by atoms with van der Waals surface area (Å²) in [6.07, 6.45) is 2.91. The van der Waals surface area contributed by atoms with E-state index < -0.39 is 16.4 Å². The molecule has 2 fully saturated rings. The van der Waals surface area contributed by atoms with Gasteiger partial charge in [-0.2, -0.15) is 0 Å². The molecule has 3 aromatic carbocycles. The summed E-state index contributed by atoms with van der Waals surface area (Å²) in [5, 5.41) is 3.72. The topological polar surface area (TPSA) is 30.9 Å². The Morgan fingerprint density at radius 3 is 2.07 bits per heavy atom. The zero-order valence-electron chi connectivity index (χ0n) is 28.2. The Morgan fingerprint density at radius 2 is 1.50 bits per heavy atom. The molecule has 0 amide bonds. The van der Waals surface area contributed by atoms with Crippen LogP contribution in [0.15, 0.2) is 72.8 Å². The number of benzene rings is 3. The van der Waals surface area contributed by atoms with Gasteiger partial charge in [-0.05, 0) is 52.3 Å². The molecule has 1 saturated heterocycles. The molecule has 248 valence electrons. The van der Waals surface area contributed by atoms with Crippen LogP contribution in [0.1, 0.15) is 51.5 Å². The molecule has 2 aliphatic rings. The molecular weight excluding hydrogens is 666 g/mol. The summed E-state index contributed by atoms with van der Waals surface area (Å²) in [5.41, 5.74) is 0.943. The number of likely N-dealkylation sites (tertiary alicyclic amines) is 1. The Balaban J connectivity index is 1.24. The Labute approximate surface area is 293 Å². The van der Waals surface area contributed by atoms with E-state index in [-0.39, 0.29) is 17.7 Å². The average molecular weight is 715 g/mol. The van der Waals surface area contributed by atoms with Crippen LogP contribution in [0.4, 0.5) is 0 Å². The third-order valence-corrected chi connectivity index (χ3v) is 17.5. The molecule has 0 spiro atoms. The predicted octanol–water partition coefficient (Wildman–Crippen LogP) is 9.16. The van der Waals surface area contributed by atoms with Gasteiger partial charge in [0, 0.05) is 51.8 Å². The van der Waals surface area contributed by atoms with Gasteiger partial charge in [0.15, 0.2) is 6.79 Å². The Morgan fingerprint density at radius 1 is 0.891 bits per heavy atom. The van der Waals surface area contributed by atoms with Crippen molar-refractivity contribution in [1.82, 2.24) is 4.90 Å². The lowest BCUT2D eigenvalue weighted by Gasteiger charge is -2.47. The summed E-state index contributed by atoms with van der Waals surface area (Å²) in [7, 11) is -3.71. The van der Waals surface area contributed by atoms with Gasteiger partial charge in [0.05, 0.1) is 15.0 Å². The molecule has 1 heterocycles. The SMILES string of the molecule is CC(C)(C)[Si](OCC1CC(N2CC(c3c(OCOCC[Si](C)(C)C)ccc(Cl)c3Cl)CC2=S)C1)(c1ccccc1)c1ccccc1. The van der Waals surface area contributed by atoms with Crippen LogP contribution in [-0.4, -0.2) is 58.9 Å². The smallest absolute Gasteiger partial charge is 0.261 e. The molecule has 4 nitrogen and oxygen atoms in total. The van der Waals surface area contributed by atoms with Gasteiger partial charge in [0.1, 0.15) is 5.75 Å². The summed E-state index contributed by atoms with van der Waals surface area (Å²) in [5.74, 6) is 1.36. The van der Waals surface area contributed by atoms with Crippen LogP contribution in [0.5, 0.6) is 5.75 Å². The maximum Gasteiger partial charge on any atom is 0.261 e. The minimum Gasteiger partial charge on any atom is -0.467 e. The molecule has 9 heteroatoms. The second kappa shape index (κ2) is 14.8. The van der Waals surface area contributed by atoms with Gasteiger partial charge in [0.25, 0.3) is 8.32 Å². The van der Waals surface area contributed by atoms with Gasteiger partial charge >= 0.3 is 0 Å². The van der Waals surface area contributed by atoms with Crippen LogP contribution in [0.3, 0.4) is 0 Å². The second-order valence-electron chi connectivity index (χ2n) is 15.2. The summed E-state index contributed by atoms with van der Waals surface area (Å²) in [6, 6.07) is 27.0. The fraction of sp³-hybridized carbons (Fsp3) is 0.486. The maximum atomic E-state index is 7.25. The molecule has 0 N–H and O–H groups in total. The van der Waals surface area contributed by atoms with E-state index in [2.05, 4.69) is 106 Å². The van der Waals surface area contributed by atoms with E-state index in [0.29, 0.717) is 28.6 Å². The van der Waals surface area contributed by atoms with Gasteiger partial charge < -0.3 is 18.8 Å². The van der Waals surface area contributed by atoms with Crippen molar-refractivity contribution in [2.75, 3.05) is 26.6 Å². The third-order valence-electron chi connectivity index (χ3n) is 9.56. The maximum absolute atomic E-state index is 7.25. The summed E-state index contributed by atoms with van der Waals surface area (Å²) >= 11 is 19.3. The Bertz CT molecular complexity index is 1430. The molecule has 5 rings (SSSR count). The molecule has 0 bridgehead atoms. The average Bonchev–Trinajstić information content (AvgIpc) is 3.35. The molecule has 1 unspecified atom stereocenters. The van der Waals surface area contributed by atoms with Crippen molar-refractivity contribution in [3.05, 3.63) is 88.4 Å². The lowest BCUT2D eigenvalue weighted by Crippen LogP contribution is -2.67. The minimum atomic E-state index is -2.55. The highest BCUT2D eigenvalue weighted by molar-refractivity contribution is 7.80. The van der Waals surface area contributed by atoms with E-state index in [9.17, 15) is 0 Å². The number of halogens is 2. The van der Waals surface area contributed by atoms with E-state index in [1.807, 2.05) is 6.07 Å². The molecule has 1 aliphatic carbocycles. The summed E-state index contributed by atoms with van der Waals surface area (Å²) in [4.78, 5) is 3.42. The van der Waals surface area contributed by atoms with Crippen molar-refractivity contribution < 1.29 is 13.9 Å². The number of hydrogen-bond acceptors (Lipinski definition) is 4. The summed E-state index contributed by atoms with van der Waals surface area (Å²) in [6.45, 7) is 16.5. The highest BCUT2D eigenvalue weighted by atomic mass is 35.5. The lowest BCUT2D eigenvalue weighted by atomic mass is 9.80. The van der Waals surface area contributed by atoms with Gasteiger partial charge in [-0.1, -0.05) is 136 Å². The molecule has 3 aromatic rings. The van der Waals surface area contributed by atoms with Gasteiger partial charge in [-0.15, -0.1) is 0 Å². The molecule has 0 aromatic heterocycles. The largest absolute Gasteiger partial charge is 0.467 e. The van der Waals surface area contributed by atoms with Gasteiger partial charge in [-0.3, -0.25) is 0 Å². The van der Waals surface area contributed by atoms with Crippen molar-refractivity contribution >= 4 is 67.2 Å². The summed E-state index contributed by atoms with van der Waals surface area (Å²) < 4.78 is 19.2. The van der Waals surface area contributed by atoms with Crippen LogP contribution < -0.4 is 15.1 Å². The molecular formula is C37H49Cl2NO3SSi2. The molecule has 1 atom stereocenters. The van der Waals surface area contributed by atoms with Crippen molar-refractivity contribution in [3.63, 3.8) is 0 Å². The van der Waals surface area contributed by atoms with Crippen LogP contribution in [0, 0.1) is 5.92 Å². The number of rotatable bonds is 13. The lowest BCUT2D eigenvalue weighted by molar-refractivity contribution is 0.0212. The van der Waals surface area contributed by atoms with E-state index in [4.69, 9.17) is 49.3 Å². The van der Waals surface area contributed by atoms with E-state index in [1.54, 1.807) is 6.07 Å². The van der Waals surface area contributed by atoms with Crippen molar-refractivity contribution in [2.24, 2.45) is 5.92 Å². The van der Waals surface area contributed by atoms with Crippen LogP contribution in [0.2, 0.25) is 40.8 Å². The van der Waals surface area contributed by atoms with Gasteiger partial charge in [0.2, 0.25) is 0 Å². The molecule has 1 saturated carbocycles. The number of thiocarbonyl (C=S) groups is 1. The standard InChI is InChI=1S/C37H49Cl2NO3SSi2/c1-37(2,3)46(30-13-9-7-10-14-30,31-15-11-8-12-16-31)43-25-27-21-29(22-27)40-24-28(23-34(40)44)35-33(18-17-32(38)36(35)39)42-26-41-19-20-45(4,5)6/h7-18,27-29H,19-26H2,1-6H3. The van der Waals surface area contributed by atoms with E-state index in [0.717, 1.165) is 54.8 Å². The first-order valence-electron chi connectivity index (χ1n) is 16.5. The predicted molar refractivity (Wildman–Crippen MR) is 203 cm³/mol. The van der Waals surface area contributed by atoms with Crippen LogP contribution in [0.25, 0.3) is 0 Å². The first kappa shape index (κ1) is 35.6. The normalized spacial score (nSPS) is 20.6. The first-order chi connectivity index (χ1) is 21.8. The van der Waals surface area contributed by atoms with Crippen molar-refractivity contribution in [3.8, 4) is 5.75 Å². The monoisotopic (exact) mass is 713 g/mol. The first-order valence-corrected chi connectivity index (χ1v) is 23.3. The number of ether oxygens (including phenoxy) is 2. The molecule has 0 radical (unpaired) electrons. The minimum absolute atomic E-state index is 0.0298. The molecule has 46 heavy (non-hydrogen) atoms. The van der Waals surface area contributed by atoms with Gasteiger partial charge in [-0.25, -0.2) is 0 Å². The number of hydrogen-bond donors (Lipinski definition) is 0. The number of nitrogens with zero attached hydrogens (tertiary/aromatic N) is 1. The van der Waals surface area contributed by atoms with Crippen LogP contribution in [-0.2, 0) is 9.16 Å². The molecule has 1 aliphatic heterocycles. The Hall–Kier alpha value is -1.72. The van der Waals surface area contributed by atoms with Crippen molar-refractivity contribution in [1.29, 1.82) is 0 Å². The highest BCUT2D eigenvalue weighted by Gasteiger charge is 2.51. The zero-order chi connectivity index (χ0) is 33.1. The highest BCUT2D eigenvalue weighted by Crippen LogP contribution is 2.46. The third kappa shape index (κ3) is 7.94. The zero-order valence-corrected chi connectivity index (χ0v) is 32.5. The second-order valence-corrected chi connectivity index (χ2v) is 26.4. The van der Waals surface area contributed by atoms with E-state index >= 15 is 0 Å². The fourth-order valence-corrected chi connectivity index (χ4v) is 13.3.